The Labute approximate surface area is 153 Å². The summed E-state index contributed by atoms with van der Waals surface area (Å²) < 4.78 is 4.04. The number of fused-ring (bicyclic) bond motifs is 1. The topological polar surface area (TPSA) is 64.1 Å². The van der Waals surface area contributed by atoms with Crippen LogP contribution in [0.2, 0.25) is 0 Å². The number of likely N-dealkylation sites (tertiary alicyclic amines) is 1. The molecular weight excluding hydrogens is 326 g/mol. The van der Waals surface area contributed by atoms with Crippen molar-refractivity contribution in [3.8, 4) is 0 Å². The first kappa shape index (κ1) is 15.9. The summed E-state index contributed by atoms with van der Waals surface area (Å²) in [5.74, 6) is 2.16. The highest BCUT2D eigenvalue weighted by Gasteiger charge is 2.28. The molecule has 5 rings (SSSR count). The van der Waals surface area contributed by atoms with Gasteiger partial charge in [0.2, 0.25) is 0 Å². The smallest absolute Gasteiger partial charge is 0.177 e. The summed E-state index contributed by atoms with van der Waals surface area (Å²) in [5.41, 5.74) is 3.30. The number of piperidine rings is 1. The fourth-order valence-electron chi connectivity index (χ4n) is 3.92. The Morgan fingerprint density at radius 3 is 2.58 bits per heavy atom. The summed E-state index contributed by atoms with van der Waals surface area (Å²) in [5, 5.41) is 18.0. The SMILES string of the molecule is Cc1cnn(CCN2CCC(c3nnc4ccc(C5CC5)nn34)CC2)c1. The Kier molecular flexibility index (Phi) is 3.96. The highest BCUT2D eigenvalue weighted by molar-refractivity contribution is 5.38. The molecule has 0 bridgehead atoms. The van der Waals surface area contributed by atoms with Gasteiger partial charge in [-0.05, 0) is 63.4 Å². The summed E-state index contributed by atoms with van der Waals surface area (Å²) >= 11 is 0. The van der Waals surface area contributed by atoms with Crippen LogP contribution in [-0.4, -0.2) is 54.1 Å². The largest absolute Gasteiger partial charge is 0.301 e. The molecule has 3 aromatic rings. The van der Waals surface area contributed by atoms with Crippen molar-refractivity contribution in [3.05, 3.63) is 41.6 Å². The summed E-state index contributed by atoms with van der Waals surface area (Å²) in [6.07, 6.45) is 8.81. The molecule has 7 heteroatoms. The van der Waals surface area contributed by atoms with E-state index in [2.05, 4.69) is 45.4 Å². The van der Waals surface area contributed by atoms with Gasteiger partial charge < -0.3 is 4.90 Å². The number of hydrogen-bond acceptors (Lipinski definition) is 5. The van der Waals surface area contributed by atoms with Crippen LogP contribution in [0.1, 0.15) is 54.6 Å². The minimum atomic E-state index is 0.454. The normalized spacial score (nSPS) is 19.4. The molecule has 0 atom stereocenters. The van der Waals surface area contributed by atoms with E-state index >= 15 is 0 Å². The lowest BCUT2D eigenvalue weighted by Gasteiger charge is -2.30. The summed E-state index contributed by atoms with van der Waals surface area (Å²) in [6, 6.07) is 4.18. The van der Waals surface area contributed by atoms with E-state index in [-0.39, 0.29) is 0 Å². The monoisotopic (exact) mass is 351 g/mol. The van der Waals surface area contributed by atoms with Crippen molar-refractivity contribution in [2.24, 2.45) is 0 Å². The highest BCUT2D eigenvalue weighted by atomic mass is 15.4. The molecule has 1 aliphatic carbocycles. The van der Waals surface area contributed by atoms with Gasteiger partial charge in [0.05, 0.1) is 18.4 Å². The summed E-state index contributed by atoms with van der Waals surface area (Å²) in [7, 11) is 0. The molecule has 0 unspecified atom stereocenters. The quantitative estimate of drug-likeness (QED) is 0.706. The standard InChI is InChI=1S/C19H25N7/c1-14-12-20-25(13-14)11-10-24-8-6-16(7-9-24)19-22-21-18-5-4-17(15-2-3-15)23-26(18)19/h4-5,12-13,15-16H,2-3,6-11H2,1H3. The fraction of sp³-hybridized carbons (Fsp3) is 0.579. The van der Waals surface area contributed by atoms with Crippen LogP contribution < -0.4 is 0 Å². The number of rotatable bonds is 5. The van der Waals surface area contributed by atoms with Gasteiger partial charge in [-0.25, -0.2) is 0 Å². The van der Waals surface area contributed by atoms with Crippen molar-refractivity contribution < 1.29 is 0 Å². The molecule has 136 valence electrons. The molecule has 26 heavy (non-hydrogen) atoms. The second-order valence-corrected chi connectivity index (χ2v) is 7.76. The molecule has 0 N–H and O–H groups in total. The van der Waals surface area contributed by atoms with Gasteiger partial charge in [0.25, 0.3) is 0 Å². The molecule has 4 heterocycles. The van der Waals surface area contributed by atoms with E-state index in [1.165, 1.54) is 24.1 Å². The van der Waals surface area contributed by atoms with E-state index in [0.717, 1.165) is 50.5 Å². The maximum absolute atomic E-state index is 4.84. The maximum atomic E-state index is 4.84. The zero-order valence-electron chi connectivity index (χ0n) is 15.3. The van der Waals surface area contributed by atoms with E-state index in [4.69, 9.17) is 5.10 Å². The first-order chi connectivity index (χ1) is 12.8. The first-order valence-corrected chi connectivity index (χ1v) is 9.70. The van der Waals surface area contributed by atoms with E-state index in [1.807, 2.05) is 15.4 Å². The van der Waals surface area contributed by atoms with Crippen LogP contribution in [0, 0.1) is 6.92 Å². The molecule has 1 saturated heterocycles. The van der Waals surface area contributed by atoms with Gasteiger partial charge in [-0.1, -0.05) is 0 Å². The van der Waals surface area contributed by atoms with E-state index < -0.39 is 0 Å². The van der Waals surface area contributed by atoms with E-state index in [9.17, 15) is 0 Å². The van der Waals surface area contributed by atoms with E-state index in [1.54, 1.807) is 0 Å². The molecule has 0 radical (unpaired) electrons. The summed E-state index contributed by atoms with van der Waals surface area (Å²) in [4.78, 5) is 2.53. The Balaban J connectivity index is 1.23. The predicted molar refractivity (Wildman–Crippen MR) is 98.1 cm³/mol. The van der Waals surface area contributed by atoms with Crippen LogP contribution in [0.5, 0.6) is 0 Å². The molecule has 0 amide bonds. The van der Waals surface area contributed by atoms with Crippen LogP contribution in [-0.2, 0) is 6.54 Å². The third kappa shape index (κ3) is 3.11. The van der Waals surface area contributed by atoms with Crippen molar-refractivity contribution in [1.82, 2.24) is 34.5 Å². The predicted octanol–water partition coefficient (Wildman–Crippen LogP) is 2.39. The maximum Gasteiger partial charge on any atom is 0.177 e. The Bertz CT molecular complexity index is 900. The number of aromatic nitrogens is 6. The van der Waals surface area contributed by atoms with Gasteiger partial charge >= 0.3 is 0 Å². The second-order valence-electron chi connectivity index (χ2n) is 7.76. The zero-order chi connectivity index (χ0) is 17.5. The van der Waals surface area contributed by atoms with Crippen molar-refractivity contribution >= 4 is 5.65 Å². The molecule has 1 saturated carbocycles. The van der Waals surface area contributed by atoms with Crippen molar-refractivity contribution in [1.29, 1.82) is 0 Å². The lowest BCUT2D eigenvalue weighted by Crippen LogP contribution is -2.35. The molecule has 1 aliphatic heterocycles. The molecule has 0 aromatic carbocycles. The van der Waals surface area contributed by atoms with E-state index in [0.29, 0.717) is 11.8 Å². The Morgan fingerprint density at radius 1 is 1.00 bits per heavy atom. The lowest BCUT2D eigenvalue weighted by molar-refractivity contribution is 0.199. The van der Waals surface area contributed by atoms with Crippen LogP contribution in [0.3, 0.4) is 0 Å². The van der Waals surface area contributed by atoms with Gasteiger partial charge in [0.1, 0.15) is 0 Å². The minimum absolute atomic E-state index is 0.454. The second kappa shape index (κ2) is 6.46. The average Bonchev–Trinajstić information content (AvgIpc) is 3.31. The molecule has 7 nitrogen and oxygen atoms in total. The highest BCUT2D eigenvalue weighted by Crippen LogP contribution is 2.39. The average molecular weight is 351 g/mol. The van der Waals surface area contributed by atoms with Gasteiger partial charge in [-0.15, -0.1) is 10.2 Å². The Morgan fingerprint density at radius 2 is 1.85 bits per heavy atom. The first-order valence-electron chi connectivity index (χ1n) is 9.70. The van der Waals surface area contributed by atoms with Gasteiger partial charge in [0.15, 0.2) is 11.5 Å². The zero-order valence-corrected chi connectivity index (χ0v) is 15.3. The molecule has 2 aliphatic rings. The molecule has 3 aromatic heterocycles. The third-order valence-corrected chi connectivity index (χ3v) is 5.66. The van der Waals surface area contributed by atoms with Crippen LogP contribution >= 0.6 is 0 Å². The number of hydrogen-bond donors (Lipinski definition) is 0. The van der Waals surface area contributed by atoms with Crippen LogP contribution in [0.15, 0.2) is 24.5 Å². The molecule has 0 spiro atoms. The van der Waals surface area contributed by atoms with Crippen molar-refractivity contribution in [3.63, 3.8) is 0 Å². The Hall–Kier alpha value is -2.28. The summed E-state index contributed by atoms with van der Waals surface area (Å²) in [6.45, 7) is 6.29. The van der Waals surface area contributed by atoms with Gasteiger partial charge in [-0.2, -0.15) is 14.7 Å². The van der Waals surface area contributed by atoms with Crippen LogP contribution in [0.25, 0.3) is 5.65 Å². The lowest BCUT2D eigenvalue weighted by atomic mass is 9.96. The van der Waals surface area contributed by atoms with Gasteiger partial charge in [0, 0.05) is 24.6 Å². The molecule has 2 fully saturated rings. The van der Waals surface area contributed by atoms with Crippen LogP contribution in [0.4, 0.5) is 0 Å². The van der Waals surface area contributed by atoms with Gasteiger partial charge in [-0.3, -0.25) is 4.68 Å². The number of nitrogens with zero attached hydrogens (tertiary/aromatic N) is 7. The molecular formula is C19H25N7. The minimum Gasteiger partial charge on any atom is -0.301 e. The van der Waals surface area contributed by atoms with Crippen molar-refractivity contribution in [2.75, 3.05) is 19.6 Å². The number of aryl methyl sites for hydroxylation is 1. The van der Waals surface area contributed by atoms with Crippen molar-refractivity contribution in [2.45, 2.75) is 51.0 Å². The third-order valence-electron chi connectivity index (χ3n) is 5.66. The fourth-order valence-corrected chi connectivity index (χ4v) is 3.92.